The first-order chi connectivity index (χ1) is 5.55. The molecule has 0 radical (unpaired) electrons. The summed E-state index contributed by atoms with van der Waals surface area (Å²) in [5.74, 6) is 0.541. The first-order valence-electron chi connectivity index (χ1n) is 4.97. The summed E-state index contributed by atoms with van der Waals surface area (Å²) in [5.41, 5.74) is 0. The zero-order valence-electron chi connectivity index (χ0n) is 8.58. The molecule has 12 heavy (non-hydrogen) atoms. The molecule has 0 aromatic carbocycles. The Kier molecular flexibility index (Phi) is 3.13. The van der Waals surface area contributed by atoms with Crippen LogP contribution in [0.4, 0.5) is 0 Å². The van der Waals surface area contributed by atoms with E-state index in [-0.39, 0.29) is 0 Å². The Morgan fingerprint density at radius 3 is 2.17 bits per heavy atom. The molecule has 0 aliphatic heterocycles. The average Bonchev–Trinajstić information content (AvgIpc) is 2.03. The number of hydrogen-bond donors (Lipinski definition) is 1. The van der Waals surface area contributed by atoms with Gasteiger partial charge in [-0.1, -0.05) is 6.42 Å². The fraction of sp³-hybridized carbons (Fsp3) is 1.00. The number of hydrogen-bond acceptors (Lipinski definition) is 1. The van der Waals surface area contributed by atoms with Crippen molar-refractivity contribution in [3.63, 3.8) is 0 Å². The van der Waals surface area contributed by atoms with Crippen molar-refractivity contribution in [1.82, 2.24) is 0 Å². The number of nitrogens with zero attached hydrogens (tertiary/aromatic N) is 1. The van der Waals surface area contributed by atoms with Crippen molar-refractivity contribution in [2.24, 2.45) is 5.92 Å². The standard InChI is InChI=1S/C10H22NO/c1-11(2,3)10-7-5-4-6-9(10)8-12/h9-10,12H,4-8H2,1-3H3/q+1/t9-,10+/m0/s1. The van der Waals surface area contributed by atoms with Crippen LogP contribution in [0.5, 0.6) is 0 Å². The minimum atomic E-state index is 0.375. The van der Waals surface area contributed by atoms with E-state index in [0.717, 1.165) is 4.48 Å². The van der Waals surface area contributed by atoms with Gasteiger partial charge < -0.3 is 9.59 Å². The molecule has 0 spiro atoms. The number of quaternary nitrogens is 1. The van der Waals surface area contributed by atoms with Gasteiger partial charge in [0, 0.05) is 5.92 Å². The van der Waals surface area contributed by atoms with E-state index in [1.807, 2.05) is 0 Å². The molecular weight excluding hydrogens is 150 g/mol. The van der Waals surface area contributed by atoms with E-state index < -0.39 is 0 Å². The van der Waals surface area contributed by atoms with Crippen molar-refractivity contribution in [3.8, 4) is 0 Å². The second kappa shape index (κ2) is 3.75. The predicted octanol–water partition coefficient (Wildman–Crippen LogP) is 1.24. The highest BCUT2D eigenvalue weighted by molar-refractivity contribution is 4.75. The molecule has 1 fully saturated rings. The van der Waals surface area contributed by atoms with Crippen LogP contribution in [0.15, 0.2) is 0 Å². The van der Waals surface area contributed by atoms with Crippen molar-refractivity contribution < 1.29 is 9.59 Å². The smallest absolute Gasteiger partial charge is 0.0934 e. The molecule has 2 nitrogen and oxygen atoms in total. The Morgan fingerprint density at radius 1 is 1.17 bits per heavy atom. The predicted molar refractivity (Wildman–Crippen MR) is 50.9 cm³/mol. The molecule has 1 aliphatic carbocycles. The summed E-state index contributed by atoms with van der Waals surface area (Å²) in [6.07, 6.45) is 5.16. The van der Waals surface area contributed by atoms with Gasteiger partial charge in [0.25, 0.3) is 0 Å². The molecule has 0 bridgehead atoms. The Morgan fingerprint density at radius 2 is 1.75 bits per heavy atom. The molecule has 0 aromatic rings. The maximum atomic E-state index is 9.21. The highest BCUT2D eigenvalue weighted by Gasteiger charge is 2.33. The summed E-state index contributed by atoms with van der Waals surface area (Å²) in [6, 6.07) is 0.670. The van der Waals surface area contributed by atoms with Gasteiger partial charge in [-0.2, -0.15) is 0 Å². The Hall–Kier alpha value is -0.0800. The normalized spacial score (nSPS) is 32.0. The Labute approximate surface area is 75.8 Å². The molecule has 1 aliphatic rings. The first-order valence-corrected chi connectivity index (χ1v) is 4.97. The van der Waals surface area contributed by atoms with Gasteiger partial charge in [0.05, 0.1) is 33.8 Å². The summed E-state index contributed by atoms with van der Waals surface area (Å²) in [7, 11) is 6.70. The van der Waals surface area contributed by atoms with Gasteiger partial charge in [-0.25, -0.2) is 0 Å². The van der Waals surface area contributed by atoms with Gasteiger partial charge in [-0.05, 0) is 19.3 Å². The van der Waals surface area contributed by atoms with E-state index in [1.165, 1.54) is 25.7 Å². The van der Waals surface area contributed by atoms with E-state index in [1.54, 1.807) is 0 Å². The first kappa shape index (κ1) is 10.0. The lowest BCUT2D eigenvalue weighted by molar-refractivity contribution is -0.901. The van der Waals surface area contributed by atoms with Crippen LogP contribution in [0.2, 0.25) is 0 Å². The zero-order chi connectivity index (χ0) is 9.19. The van der Waals surface area contributed by atoms with Crippen molar-refractivity contribution >= 4 is 0 Å². The third kappa shape index (κ3) is 2.20. The molecule has 1 N–H and O–H groups in total. The van der Waals surface area contributed by atoms with E-state index in [9.17, 15) is 5.11 Å². The molecule has 72 valence electrons. The lowest BCUT2D eigenvalue weighted by Crippen LogP contribution is -2.51. The van der Waals surface area contributed by atoms with E-state index in [2.05, 4.69) is 21.1 Å². The van der Waals surface area contributed by atoms with Crippen LogP contribution in [0.3, 0.4) is 0 Å². The maximum absolute atomic E-state index is 9.21. The monoisotopic (exact) mass is 172 g/mol. The van der Waals surface area contributed by atoms with E-state index in [0.29, 0.717) is 18.6 Å². The molecule has 0 aromatic heterocycles. The number of aliphatic hydroxyl groups excluding tert-OH is 1. The van der Waals surface area contributed by atoms with Gasteiger partial charge in [0.1, 0.15) is 0 Å². The quantitative estimate of drug-likeness (QED) is 0.621. The van der Waals surface area contributed by atoms with Crippen LogP contribution in [0, 0.1) is 5.92 Å². The summed E-state index contributed by atoms with van der Waals surface area (Å²) in [6.45, 7) is 0.375. The average molecular weight is 172 g/mol. The highest BCUT2D eigenvalue weighted by atomic mass is 16.3. The maximum Gasteiger partial charge on any atom is 0.0934 e. The van der Waals surface area contributed by atoms with Crippen molar-refractivity contribution in [1.29, 1.82) is 0 Å². The van der Waals surface area contributed by atoms with Gasteiger partial charge in [-0.15, -0.1) is 0 Å². The Balaban J connectivity index is 2.59. The van der Waals surface area contributed by atoms with E-state index >= 15 is 0 Å². The number of aliphatic hydroxyl groups is 1. The number of rotatable bonds is 2. The molecule has 0 amide bonds. The van der Waals surface area contributed by atoms with Gasteiger partial charge in [0.15, 0.2) is 0 Å². The van der Waals surface area contributed by atoms with Gasteiger partial charge >= 0.3 is 0 Å². The summed E-state index contributed by atoms with van der Waals surface area (Å²) >= 11 is 0. The van der Waals surface area contributed by atoms with Crippen LogP contribution in [0.1, 0.15) is 25.7 Å². The van der Waals surface area contributed by atoms with Crippen molar-refractivity contribution in [3.05, 3.63) is 0 Å². The molecule has 2 atom stereocenters. The van der Waals surface area contributed by atoms with Crippen molar-refractivity contribution in [2.75, 3.05) is 27.7 Å². The molecule has 2 heteroatoms. The summed E-state index contributed by atoms with van der Waals surface area (Å²) in [4.78, 5) is 0. The topological polar surface area (TPSA) is 20.2 Å². The van der Waals surface area contributed by atoms with Crippen LogP contribution in [-0.4, -0.2) is 43.4 Å². The van der Waals surface area contributed by atoms with Gasteiger partial charge in [-0.3, -0.25) is 0 Å². The molecule has 1 rings (SSSR count). The van der Waals surface area contributed by atoms with Crippen LogP contribution >= 0.6 is 0 Å². The zero-order valence-corrected chi connectivity index (χ0v) is 8.58. The van der Waals surface area contributed by atoms with Crippen molar-refractivity contribution in [2.45, 2.75) is 31.7 Å². The van der Waals surface area contributed by atoms with E-state index in [4.69, 9.17) is 0 Å². The summed E-state index contributed by atoms with van der Waals surface area (Å²) < 4.78 is 1.01. The molecule has 0 unspecified atom stereocenters. The SMILES string of the molecule is C[N+](C)(C)[C@@H]1CCCC[C@H]1CO. The van der Waals surface area contributed by atoms with Gasteiger partial charge in [0.2, 0.25) is 0 Å². The Bertz CT molecular complexity index is 139. The minimum absolute atomic E-state index is 0.375. The minimum Gasteiger partial charge on any atom is -0.396 e. The van der Waals surface area contributed by atoms with Crippen LogP contribution < -0.4 is 0 Å². The van der Waals surface area contributed by atoms with Crippen LogP contribution in [-0.2, 0) is 0 Å². The second-order valence-corrected chi connectivity index (χ2v) is 4.91. The molecule has 1 saturated carbocycles. The van der Waals surface area contributed by atoms with Crippen LogP contribution in [0.25, 0.3) is 0 Å². The fourth-order valence-corrected chi connectivity index (χ4v) is 2.42. The molecule has 0 heterocycles. The highest BCUT2D eigenvalue weighted by Crippen LogP contribution is 2.29. The molecule has 0 saturated heterocycles. The largest absolute Gasteiger partial charge is 0.396 e. The third-order valence-electron chi connectivity index (χ3n) is 3.10. The third-order valence-corrected chi connectivity index (χ3v) is 3.10. The fourth-order valence-electron chi connectivity index (χ4n) is 2.42. The lowest BCUT2D eigenvalue weighted by Gasteiger charge is -2.41. The summed E-state index contributed by atoms with van der Waals surface area (Å²) in [5, 5.41) is 9.21. The molecular formula is C10H22NO+. The lowest BCUT2D eigenvalue weighted by atomic mass is 9.83. The second-order valence-electron chi connectivity index (χ2n) is 4.91.